The van der Waals surface area contributed by atoms with E-state index in [1.807, 2.05) is 24.3 Å². The molecule has 1 aliphatic rings. The van der Waals surface area contributed by atoms with Gasteiger partial charge < -0.3 is 4.74 Å². The molecule has 1 fully saturated rings. The van der Waals surface area contributed by atoms with Gasteiger partial charge in [-0.15, -0.1) is 0 Å². The van der Waals surface area contributed by atoms with Gasteiger partial charge in [-0.05, 0) is 66.7 Å². The fraction of sp³-hybridized carbons (Fsp3) is 0.320. The third-order valence-electron chi connectivity index (χ3n) is 5.06. The van der Waals surface area contributed by atoms with Gasteiger partial charge >= 0.3 is 0 Å². The number of hydrogen-bond acceptors (Lipinski definition) is 5. The lowest BCUT2D eigenvalue weighted by Gasteiger charge is -2.15. The Bertz CT molecular complexity index is 1010. The number of hydrogen-bond donors (Lipinski definition) is 1. The normalized spacial score (nSPS) is 14.7. The van der Waals surface area contributed by atoms with Gasteiger partial charge in [0.1, 0.15) is 5.75 Å². The van der Waals surface area contributed by atoms with Crippen molar-refractivity contribution in [1.82, 2.24) is 10.4 Å². The summed E-state index contributed by atoms with van der Waals surface area (Å²) in [6.45, 7) is 2.93. The Kier molecular flexibility index (Phi) is 9.96. The summed E-state index contributed by atoms with van der Waals surface area (Å²) in [6, 6.07) is 14.5. The minimum absolute atomic E-state index is 0.288. The lowest BCUT2D eigenvalue weighted by molar-refractivity contribution is -0.123. The second-order valence-corrected chi connectivity index (χ2v) is 10.2. The van der Waals surface area contributed by atoms with E-state index < -0.39 is 5.91 Å². The number of nitrogens with zero attached hydrogens (tertiary/aromatic N) is 1. The number of thiocarbonyl (C=S) groups is 1. The summed E-state index contributed by atoms with van der Waals surface area (Å²) >= 11 is 9.79. The van der Waals surface area contributed by atoms with Crippen LogP contribution in [0.5, 0.6) is 5.75 Å². The number of carbonyl (C=O) groups excluding carboxylic acids is 2. The number of carbonyl (C=O) groups is 2. The number of unbranched alkanes of at least 4 members (excludes halogenated alkanes) is 5. The molecular formula is C25H27BrN2O3S2. The van der Waals surface area contributed by atoms with Crippen LogP contribution in [0.1, 0.15) is 61.4 Å². The Balaban J connectivity index is 1.52. The van der Waals surface area contributed by atoms with Gasteiger partial charge in [-0.3, -0.25) is 15.0 Å². The Morgan fingerprint density at radius 1 is 1.06 bits per heavy atom. The smallest absolute Gasteiger partial charge is 0.285 e. The van der Waals surface area contributed by atoms with Crippen molar-refractivity contribution in [2.24, 2.45) is 0 Å². The molecule has 8 heteroatoms. The molecule has 2 aromatic rings. The molecule has 174 valence electrons. The van der Waals surface area contributed by atoms with E-state index in [0.717, 1.165) is 39.0 Å². The largest absolute Gasteiger partial charge is 0.494 e. The van der Waals surface area contributed by atoms with Crippen molar-refractivity contribution in [3.63, 3.8) is 0 Å². The van der Waals surface area contributed by atoms with E-state index in [0.29, 0.717) is 17.1 Å². The maximum atomic E-state index is 12.8. The van der Waals surface area contributed by atoms with Gasteiger partial charge in [-0.25, -0.2) is 0 Å². The van der Waals surface area contributed by atoms with Gasteiger partial charge in [0.25, 0.3) is 11.8 Å². The highest BCUT2D eigenvalue weighted by Crippen LogP contribution is 2.31. The first-order valence-electron chi connectivity index (χ1n) is 11.1. The predicted molar refractivity (Wildman–Crippen MR) is 142 cm³/mol. The Hall–Kier alpha value is -2.16. The van der Waals surface area contributed by atoms with Gasteiger partial charge in [-0.2, -0.15) is 5.01 Å². The van der Waals surface area contributed by atoms with E-state index in [9.17, 15) is 9.59 Å². The van der Waals surface area contributed by atoms with Crippen molar-refractivity contribution in [2.45, 2.75) is 45.4 Å². The second kappa shape index (κ2) is 12.9. The monoisotopic (exact) mass is 546 g/mol. The van der Waals surface area contributed by atoms with Crippen LogP contribution in [0.25, 0.3) is 6.08 Å². The zero-order valence-corrected chi connectivity index (χ0v) is 21.7. The quantitative estimate of drug-likeness (QED) is 0.192. The van der Waals surface area contributed by atoms with Crippen LogP contribution in [0.15, 0.2) is 57.9 Å². The van der Waals surface area contributed by atoms with Gasteiger partial charge in [0, 0.05) is 10.0 Å². The predicted octanol–water partition coefficient (Wildman–Crippen LogP) is 6.73. The average molecular weight is 548 g/mol. The SMILES string of the molecule is CCCCCCCCOc1ccc(/C=C2\SC(=S)N(NC(=O)c3ccc(Br)cc3)C2=O)cc1. The van der Waals surface area contributed by atoms with Crippen molar-refractivity contribution < 1.29 is 14.3 Å². The molecule has 0 aliphatic carbocycles. The summed E-state index contributed by atoms with van der Waals surface area (Å²) in [5.41, 5.74) is 3.89. The number of halogens is 1. The summed E-state index contributed by atoms with van der Waals surface area (Å²) in [5, 5.41) is 1.12. The lowest BCUT2D eigenvalue weighted by Crippen LogP contribution is -2.44. The average Bonchev–Trinajstić information content (AvgIpc) is 3.07. The molecule has 0 spiro atoms. The zero-order valence-electron chi connectivity index (χ0n) is 18.5. The van der Waals surface area contributed by atoms with Crippen molar-refractivity contribution in [3.05, 3.63) is 69.0 Å². The fourth-order valence-corrected chi connectivity index (χ4v) is 4.66. The maximum Gasteiger partial charge on any atom is 0.285 e. The molecular weight excluding hydrogens is 520 g/mol. The molecule has 0 aromatic heterocycles. The van der Waals surface area contributed by atoms with Gasteiger partial charge in [0.15, 0.2) is 4.32 Å². The van der Waals surface area contributed by atoms with E-state index in [1.54, 1.807) is 30.3 Å². The first kappa shape index (κ1) is 25.5. The van der Waals surface area contributed by atoms with Crippen LogP contribution >= 0.6 is 39.9 Å². The fourth-order valence-electron chi connectivity index (χ4n) is 3.22. The third kappa shape index (κ3) is 7.69. The molecule has 5 nitrogen and oxygen atoms in total. The van der Waals surface area contributed by atoms with Crippen molar-refractivity contribution in [2.75, 3.05) is 6.61 Å². The van der Waals surface area contributed by atoms with E-state index in [-0.39, 0.29) is 10.2 Å². The molecule has 0 radical (unpaired) electrons. The number of amides is 2. The molecule has 0 atom stereocenters. The first-order valence-corrected chi connectivity index (χ1v) is 13.1. The summed E-state index contributed by atoms with van der Waals surface area (Å²) in [6.07, 6.45) is 9.14. The minimum Gasteiger partial charge on any atom is -0.494 e. The van der Waals surface area contributed by atoms with E-state index in [4.69, 9.17) is 17.0 Å². The molecule has 0 saturated carbocycles. The van der Waals surface area contributed by atoms with Gasteiger partial charge in [0.2, 0.25) is 0 Å². The van der Waals surface area contributed by atoms with Crippen molar-refractivity contribution >= 4 is 62.1 Å². The van der Waals surface area contributed by atoms with Crippen LogP contribution in [0.3, 0.4) is 0 Å². The van der Waals surface area contributed by atoms with E-state index >= 15 is 0 Å². The van der Waals surface area contributed by atoms with E-state index in [2.05, 4.69) is 28.3 Å². The number of benzene rings is 2. The molecule has 33 heavy (non-hydrogen) atoms. The van der Waals surface area contributed by atoms with Crippen molar-refractivity contribution in [3.8, 4) is 5.75 Å². The summed E-state index contributed by atoms with van der Waals surface area (Å²) in [5.74, 6) is 0.0702. The molecule has 1 N–H and O–H groups in total. The number of nitrogens with one attached hydrogen (secondary N) is 1. The number of ether oxygens (including phenoxy) is 1. The van der Waals surface area contributed by atoms with Crippen LogP contribution < -0.4 is 10.2 Å². The maximum absolute atomic E-state index is 12.8. The Morgan fingerprint density at radius 2 is 1.73 bits per heavy atom. The molecule has 1 aliphatic heterocycles. The highest BCUT2D eigenvalue weighted by atomic mass is 79.9. The lowest BCUT2D eigenvalue weighted by atomic mass is 10.1. The summed E-state index contributed by atoms with van der Waals surface area (Å²) < 4.78 is 6.97. The Morgan fingerprint density at radius 3 is 2.42 bits per heavy atom. The molecule has 1 saturated heterocycles. The molecule has 0 bridgehead atoms. The standard InChI is InChI=1S/C25H27BrN2O3S2/c1-2-3-4-5-6-7-16-31-21-14-8-18(9-15-21)17-22-24(30)28(25(32)33-22)27-23(29)19-10-12-20(26)13-11-19/h8-15,17H,2-7,16H2,1H3,(H,27,29)/b22-17-. The molecule has 2 aromatic carbocycles. The van der Waals surface area contributed by atoms with Gasteiger partial charge in [0.05, 0.1) is 11.5 Å². The van der Waals surface area contributed by atoms with Crippen LogP contribution in [0.4, 0.5) is 0 Å². The Labute approximate surface area is 213 Å². The number of thioether (sulfide) groups is 1. The summed E-state index contributed by atoms with van der Waals surface area (Å²) in [4.78, 5) is 25.7. The molecule has 0 unspecified atom stereocenters. The third-order valence-corrected chi connectivity index (χ3v) is 6.89. The minimum atomic E-state index is -0.396. The highest BCUT2D eigenvalue weighted by Gasteiger charge is 2.33. The van der Waals surface area contributed by atoms with Crippen LogP contribution in [0.2, 0.25) is 0 Å². The second-order valence-electron chi connectivity index (χ2n) is 7.65. The first-order chi connectivity index (χ1) is 16.0. The van der Waals surface area contributed by atoms with Gasteiger partial charge in [-0.1, -0.05) is 78.9 Å². The highest BCUT2D eigenvalue weighted by molar-refractivity contribution is 9.10. The number of hydrazine groups is 1. The van der Waals surface area contributed by atoms with Crippen LogP contribution in [-0.2, 0) is 4.79 Å². The van der Waals surface area contributed by atoms with Crippen molar-refractivity contribution in [1.29, 1.82) is 0 Å². The molecule has 1 heterocycles. The zero-order chi connectivity index (χ0) is 23.6. The van der Waals surface area contributed by atoms with E-state index in [1.165, 1.54) is 32.1 Å². The molecule has 3 rings (SSSR count). The topological polar surface area (TPSA) is 58.6 Å². The molecule has 2 amide bonds. The van der Waals surface area contributed by atoms with Crippen LogP contribution in [-0.4, -0.2) is 27.8 Å². The summed E-state index contributed by atoms with van der Waals surface area (Å²) in [7, 11) is 0. The number of rotatable bonds is 11. The van der Waals surface area contributed by atoms with Crippen LogP contribution in [0, 0.1) is 0 Å².